The van der Waals surface area contributed by atoms with Crippen molar-refractivity contribution in [3.05, 3.63) is 83.2 Å². The molecule has 27 heavy (non-hydrogen) atoms. The fourth-order valence-electron chi connectivity index (χ4n) is 2.56. The Morgan fingerprint density at radius 3 is 2.37 bits per heavy atom. The fourth-order valence-corrected chi connectivity index (χ4v) is 2.56. The summed E-state index contributed by atoms with van der Waals surface area (Å²) in [6.07, 6.45) is 0. The molecule has 6 heteroatoms. The maximum Gasteiger partial charge on any atom is 0.270 e. The number of amides is 1. The van der Waals surface area contributed by atoms with Crippen molar-refractivity contribution in [2.75, 3.05) is 12.4 Å². The zero-order valence-corrected chi connectivity index (χ0v) is 15.4. The number of nitrogens with zero attached hydrogens (tertiary/aromatic N) is 2. The minimum atomic E-state index is -0.225. The molecule has 0 unspecified atom stereocenters. The quantitative estimate of drug-likeness (QED) is 0.674. The average Bonchev–Trinajstić information content (AvgIpc) is 2.71. The van der Waals surface area contributed by atoms with Gasteiger partial charge < -0.3 is 15.4 Å². The van der Waals surface area contributed by atoms with Gasteiger partial charge in [-0.2, -0.15) is 0 Å². The molecular formula is C21H22N4O2. The molecule has 1 heterocycles. The Labute approximate surface area is 158 Å². The lowest BCUT2D eigenvalue weighted by Crippen LogP contribution is -2.24. The summed E-state index contributed by atoms with van der Waals surface area (Å²) in [6, 6.07) is 19.2. The number of aromatic nitrogens is 2. The van der Waals surface area contributed by atoms with Gasteiger partial charge in [-0.25, -0.2) is 9.97 Å². The van der Waals surface area contributed by atoms with E-state index in [0.29, 0.717) is 24.7 Å². The molecule has 0 radical (unpaired) electrons. The Balaban J connectivity index is 1.63. The Morgan fingerprint density at radius 1 is 0.963 bits per heavy atom. The van der Waals surface area contributed by atoms with Crippen LogP contribution in [0.5, 0.6) is 5.75 Å². The second-order valence-electron chi connectivity index (χ2n) is 6.09. The predicted octanol–water partition coefficient (Wildman–Crippen LogP) is 3.34. The number of hydrogen-bond donors (Lipinski definition) is 2. The Kier molecular flexibility index (Phi) is 5.99. The highest BCUT2D eigenvalue weighted by Crippen LogP contribution is 2.13. The van der Waals surface area contributed by atoms with Crippen molar-refractivity contribution < 1.29 is 9.53 Å². The molecule has 2 aromatic carbocycles. The first-order valence-electron chi connectivity index (χ1n) is 8.68. The minimum Gasteiger partial charge on any atom is -0.497 e. The Bertz CT molecular complexity index is 896. The first-order valence-corrected chi connectivity index (χ1v) is 8.68. The van der Waals surface area contributed by atoms with E-state index in [0.717, 1.165) is 22.6 Å². The van der Waals surface area contributed by atoms with Crippen LogP contribution < -0.4 is 15.4 Å². The molecule has 2 N–H and O–H groups in total. The van der Waals surface area contributed by atoms with Crippen molar-refractivity contribution in [1.82, 2.24) is 15.3 Å². The van der Waals surface area contributed by atoms with Crippen LogP contribution in [-0.2, 0) is 13.1 Å². The number of ether oxygens (including phenoxy) is 1. The second kappa shape index (κ2) is 8.80. The summed E-state index contributed by atoms with van der Waals surface area (Å²) in [5.41, 5.74) is 3.17. The number of carbonyl (C=O) groups is 1. The lowest BCUT2D eigenvalue weighted by Gasteiger charge is -2.09. The van der Waals surface area contributed by atoms with Crippen LogP contribution in [0, 0.1) is 6.92 Å². The van der Waals surface area contributed by atoms with Gasteiger partial charge in [0.05, 0.1) is 7.11 Å². The molecule has 3 aromatic rings. The molecule has 0 atom stereocenters. The number of anilines is 1. The van der Waals surface area contributed by atoms with Crippen molar-refractivity contribution in [2.45, 2.75) is 20.0 Å². The molecular weight excluding hydrogens is 340 g/mol. The van der Waals surface area contributed by atoms with Gasteiger partial charge in [-0.05, 0) is 36.2 Å². The maximum absolute atomic E-state index is 12.4. The molecule has 0 fully saturated rings. The summed E-state index contributed by atoms with van der Waals surface area (Å²) in [4.78, 5) is 21.1. The predicted molar refractivity (Wildman–Crippen MR) is 105 cm³/mol. The third-order valence-electron chi connectivity index (χ3n) is 3.99. The van der Waals surface area contributed by atoms with Gasteiger partial charge in [0.15, 0.2) is 0 Å². The maximum atomic E-state index is 12.4. The fraction of sp³-hybridized carbons (Fsp3) is 0.190. The Hall–Kier alpha value is -3.41. The molecule has 0 aliphatic heterocycles. The van der Waals surface area contributed by atoms with Crippen molar-refractivity contribution >= 4 is 11.9 Å². The molecule has 6 nitrogen and oxygen atoms in total. The van der Waals surface area contributed by atoms with E-state index in [1.54, 1.807) is 13.2 Å². The first kappa shape index (κ1) is 18.4. The molecule has 0 bridgehead atoms. The highest BCUT2D eigenvalue weighted by Gasteiger charge is 2.10. The van der Waals surface area contributed by atoms with Gasteiger partial charge in [-0.1, -0.05) is 42.5 Å². The van der Waals surface area contributed by atoms with Crippen molar-refractivity contribution in [1.29, 1.82) is 0 Å². The third kappa shape index (κ3) is 5.28. The normalized spacial score (nSPS) is 10.3. The highest BCUT2D eigenvalue weighted by molar-refractivity contribution is 5.92. The van der Waals surface area contributed by atoms with Gasteiger partial charge >= 0.3 is 0 Å². The van der Waals surface area contributed by atoms with E-state index < -0.39 is 0 Å². The largest absolute Gasteiger partial charge is 0.497 e. The number of hydrogen-bond acceptors (Lipinski definition) is 5. The van der Waals surface area contributed by atoms with E-state index >= 15 is 0 Å². The van der Waals surface area contributed by atoms with Gasteiger partial charge in [-0.15, -0.1) is 0 Å². The molecule has 0 saturated carbocycles. The van der Waals surface area contributed by atoms with E-state index in [-0.39, 0.29) is 5.91 Å². The zero-order chi connectivity index (χ0) is 19.1. The van der Waals surface area contributed by atoms with Crippen LogP contribution in [-0.4, -0.2) is 23.0 Å². The van der Waals surface area contributed by atoms with Crippen LogP contribution in [0.15, 0.2) is 60.7 Å². The number of carbonyl (C=O) groups excluding carboxylic acids is 1. The Morgan fingerprint density at radius 2 is 1.67 bits per heavy atom. The lowest BCUT2D eigenvalue weighted by molar-refractivity contribution is 0.0945. The third-order valence-corrected chi connectivity index (χ3v) is 3.99. The monoisotopic (exact) mass is 362 g/mol. The summed E-state index contributed by atoms with van der Waals surface area (Å²) >= 11 is 0. The number of nitrogens with one attached hydrogen (secondary N) is 2. The zero-order valence-electron chi connectivity index (χ0n) is 15.4. The average molecular weight is 362 g/mol. The smallest absolute Gasteiger partial charge is 0.270 e. The summed E-state index contributed by atoms with van der Waals surface area (Å²) < 4.78 is 5.16. The number of benzene rings is 2. The van der Waals surface area contributed by atoms with Crippen molar-refractivity contribution in [3.63, 3.8) is 0 Å². The topological polar surface area (TPSA) is 76.1 Å². The summed E-state index contributed by atoms with van der Waals surface area (Å²) in [6.45, 7) is 2.85. The van der Waals surface area contributed by atoms with E-state index in [4.69, 9.17) is 4.74 Å². The molecule has 3 rings (SSSR count). The second-order valence-corrected chi connectivity index (χ2v) is 6.09. The molecule has 0 saturated heterocycles. The summed E-state index contributed by atoms with van der Waals surface area (Å²) in [5.74, 6) is 1.01. The van der Waals surface area contributed by atoms with Crippen LogP contribution in [0.25, 0.3) is 0 Å². The van der Waals surface area contributed by atoms with Crippen LogP contribution in [0.2, 0.25) is 0 Å². The van der Waals surface area contributed by atoms with E-state index in [9.17, 15) is 4.79 Å². The van der Waals surface area contributed by atoms with Gasteiger partial charge in [0, 0.05) is 18.8 Å². The van der Waals surface area contributed by atoms with E-state index in [1.807, 2.05) is 61.5 Å². The summed E-state index contributed by atoms with van der Waals surface area (Å²) in [5, 5.41) is 6.05. The van der Waals surface area contributed by atoms with E-state index in [2.05, 4.69) is 20.6 Å². The van der Waals surface area contributed by atoms with Crippen LogP contribution in [0.4, 0.5) is 5.95 Å². The molecule has 138 valence electrons. The van der Waals surface area contributed by atoms with Crippen LogP contribution in [0.1, 0.15) is 27.3 Å². The van der Waals surface area contributed by atoms with Gasteiger partial charge in [0.1, 0.15) is 11.4 Å². The molecule has 1 aromatic heterocycles. The number of methoxy groups -OCH3 is 1. The standard InChI is InChI=1S/C21H22N4O2/c1-15-12-19(20(26)22-13-16-6-4-3-5-7-16)25-21(24-15)23-14-17-8-10-18(27-2)11-9-17/h3-12H,13-14H2,1-2H3,(H,22,26)(H,23,24,25). The highest BCUT2D eigenvalue weighted by atomic mass is 16.5. The first-order chi connectivity index (χ1) is 13.1. The minimum absolute atomic E-state index is 0.225. The van der Waals surface area contributed by atoms with Crippen molar-refractivity contribution in [3.8, 4) is 5.75 Å². The number of rotatable bonds is 7. The van der Waals surface area contributed by atoms with Gasteiger partial charge in [-0.3, -0.25) is 4.79 Å². The van der Waals surface area contributed by atoms with Crippen molar-refractivity contribution in [2.24, 2.45) is 0 Å². The lowest BCUT2D eigenvalue weighted by atomic mass is 10.2. The molecule has 0 aliphatic rings. The van der Waals surface area contributed by atoms with Crippen LogP contribution >= 0.6 is 0 Å². The van der Waals surface area contributed by atoms with Gasteiger partial charge in [0.2, 0.25) is 5.95 Å². The van der Waals surface area contributed by atoms with E-state index in [1.165, 1.54) is 0 Å². The van der Waals surface area contributed by atoms with Gasteiger partial charge in [0.25, 0.3) is 5.91 Å². The molecule has 1 amide bonds. The molecule has 0 aliphatic carbocycles. The molecule has 0 spiro atoms. The van der Waals surface area contributed by atoms with Crippen LogP contribution in [0.3, 0.4) is 0 Å². The number of aryl methyl sites for hydroxylation is 1. The summed E-state index contributed by atoms with van der Waals surface area (Å²) in [7, 11) is 1.64. The SMILES string of the molecule is COc1ccc(CNc2nc(C)cc(C(=O)NCc3ccccc3)n2)cc1.